The van der Waals surface area contributed by atoms with Gasteiger partial charge in [0.1, 0.15) is 6.10 Å². The summed E-state index contributed by atoms with van der Waals surface area (Å²) >= 11 is 0. The number of rotatable bonds is 2. The first-order valence-corrected chi connectivity index (χ1v) is 7.46. The van der Waals surface area contributed by atoms with Crippen LogP contribution in [0.25, 0.3) is 0 Å². The van der Waals surface area contributed by atoms with Crippen LogP contribution in [0, 0.1) is 0 Å². The van der Waals surface area contributed by atoms with E-state index in [1.54, 1.807) is 0 Å². The van der Waals surface area contributed by atoms with Crippen LogP contribution in [0.4, 0.5) is 5.69 Å². The minimum absolute atomic E-state index is 0.391. The Kier molecular flexibility index (Phi) is 3.61. The van der Waals surface area contributed by atoms with Crippen molar-refractivity contribution >= 4 is 5.69 Å². The van der Waals surface area contributed by atoms with E-state index in [1.165, 1.54) is 36.1 Å². The first-order valence-electron chi connectivity index (χ1n) is 7.46. The molecule has 0 fully saturated rings. The molecule has 2 aliphatic rings. The van der Waals surface area contributed by atoms with Gasteiger partial charge in [-0.3, -0.25) is 0 Å². The number of fused-ring (bicyclic) bond motifs is 1. The monoisotopic (exact) mass is 257 g/mol. The molecule has 1 heterocycles. The zero-order valence-electron chi connectivity index (χ0n) is 11.7. The van der Waals surface area contributed by atoms with E-state index in [1.807, 2.05) is 0 Å². The highest BCUT2D eigenvalue weighted by molar-refractivity contribution is 5.56. The molecule has 1 aliphatic heterocycles. The molecule has 0 spiro atoms. The number of hydrogen-bond acceptors (Lipinski definition) is 2. The fraction of sp³-hybridized carbons (Fsp3) is 0.529. The largest absolute Gasteiger partial charge is 0.384 e. The average molecular weight is 257 g/mol. The number of aryl methyl sites for hydroxylation is 1. The van der Waals surface area contributed by atoms with E-state index < -0.39 is 6.10 Å². The topological polar surface area (TPSA) is 23.5 Å². The summed E-state index contributed by atoms with van der Waals surface area (Å²) < 4.78 is 0. The van der Waals surface area contributed by atoms with Crippen molar-refractivity contribution in [3.05, 3.63) is 41.0 Å². The van der Waals surface area contributed by atoms with Crippen LogP contribution in [-0.4, -0.2) is 18.7 Å². The van der Waals surface area contributed by atoms with Crippen LogP contribution in [0.5, 0.6) is 0 Å². The van der Waals surface area contributed by atoms with Crippen molar-refractivity contribution in [2.24, 2.45) is 0 Å². The van der Waals surface area contributed by atoms with E-state index in [0.29, 0.717) is 0 Å². The molecule has 3 rings (SSSR count). The normalized spacial score (nSPS) is 20.7. The Morgan fingerprint density at radius 2 is 2.05 bits per heavy atom. The summed E-state index contributed by atoms with van der Waals surface area (Å²) in [6.45, 7) is 1.14. The fourth-order valence-electron chi connectivity index (χ4n) is 3.30. The minimum atomic E-state index is -0.391. The molecule has 0 aromatic heterocycles. The number of hydrogen-bond donors (Lipinski definition) is 1. The number of nitrogens with zero attached hydrogens (tertiary/aromatic N) is 1. The van der Waals surface area contributed by atoms with Gasteiger partial charge >= 0.3 is 0 Å². The minimum Gasteiger partial charge on any atom is -0.384 e. The van der Waals surface area contributed by atoms with Crippen LogP contribution in [0.3, 0.4) is 0 Å². The van der Waals surface area contributed by atoms with Crippen LogP contribution in [0.2, 0.25) is 0 Å². The molecule has 0 radical (unpaired) electrons. The van der Waals surface area contributed by atoms with Gasteiger partial charge in [-0.25, -0.2) is 0 Å². The molecule has 2 nitrogen and oxygen atoms in total. The summed E-state index contributed by atoms with van der Waals surface area (Å²) in [6.07, 6.45) is 8.86. The molecule has 1 aromatic carbocycles. The van der Waals surface area contributed by atoms with E-state index in [4.69, 9.17) is 0 Å². The number of aliphatic hydroxyl groups excluding tert-OH is 1. The van der Waals surface area contributed by atoms with Crippen LogP contribution in [-0.2, 0) is 6.42 Å². The molecule has 1 N–H and O–H groups in total. The molecule has 102 valence electrons. The van der Waals surface area contributed by atoms with Gasteiger partial charge in [-0.15, -0.1) is 0 Å². The lowest BCUT2D eigenvalue weighted by atomic mass is 9.90. The third-order valence-electron chi connectivity index (χ3n) is 4.45. The molecule has 2 heteroatoms. The molecule has 1 aromatic rings. The van der Waals surface area contributed by atoms with Crippen molar-refractivity contribution in [2.45, 2.75) is 44.6 Å². The zero-order chi connectivity index (χ0) is 13.2. The lowest BCUT2D eigenvalue weighted by Gasteiger charge is -2.28. The lowest BCUT2D eigenvalue weighted by Crippen LogP contribution is -2.24. The Balaban J connectivity index is 1.87. The van der Waals surface area contributed by atoms with Crippen LogP contribution < -0.4 is 4.90 Å². The number of allylic oxidation sites excluding steroid dienone is 1. The van der Waals surface area contributed by atoms with Gasteiger partial charge in [0.05, 0.1) is 0 Å². The van der Waals surface area contributed by atoms with Gasteiger partial charge in [0.2, 0.25) is 0 Å². The molecular weight excluding hydrogens is 234 g/mol. The van der Waals surface area contributed by atoms with E-state index in [2.05, 4.69) is 36.2 Å². The summed E-state index contributed by atoms with van der Waals surface area (Å²) in [5.41, 5.74) is 5.01. The number of anilines is 1. The molecule has 1 atom stereocenters. The fourth-order valence-corrected chi connectivity index (χ4v) is 3.30. The van der Waals surface area contributed by atoms with Gasteiger partial charge in [0.15, 0.2) is 0 Å². The Hall–Kier alpha value is -1.28. The highest BCUT2D eigenvalue weighted by Gasteiger charge is 2.19. The molecule has 0 saturated carbocycles. The summed E-state index contributed by atoms with van der Waals surface area (Å²) in [5, 5.41) is 10.5. The van der Waals surface area contributed by atoms with Crippen molar-refractivity contribution in [3.8, 4) is 0 Å². The second-order valence-electron chi connectivity index (χ2n) is 5.84. The standard InChI is InChI=1S/C17H23NO/c1-18-11-5-8-14-12-15(9-10-16(14)18)17(19)13-6-3-2-4-7-13/h6,9-10,12,17,19H,2-5,7-8,11H2,1H3. The molecule has 19 heavy (non-hydrogen) atoms. The van der Waals surface area contributed by atoms with Gasteiger partial charge < -0.3 is 10.0 Å². The predicted molar refractivity (Wildman–Crippen MR) is 79.5 cm³/mol. The number of aliphatic hydroxyl groups is 1. The van der Waals surface area contributed by atoms with E-state index in [9.17, 15) is 5.11 Å². The molecule has 1 aliphatic carbocycles. The Morgan fingerprint density at radius 1 is 1.16 bits per heavy atom. The average Bonchev–Trinajstić information content (AvgIpc) is 2.47. The third-order valence-corrected chi connectivity index (χ3v) is 4.45. The summed E-state index contributed by atoms with van der Waals surface area (Å²) in [5.74, 6) is 0. The van der Waals surface area contributed by atoms with Gasteiger partial charge in [-0.2, -0.15) is 0 Å². The molecule has 0 amide bonds. The summed E-state index contributed by atoms with van der Waals surface area (Å²) in [7, 11) is 2.15. The molecule has 0 saturated heterocycles. The van der Waals surface area contributed by atoms with Gasteiger partial charge in [-0.1, -0.05) is 18.2 Å². The maximum Gasteiger partial charge on any atom is 0.100 e. The van der Waals surface area contributed by atoms with Crippen molar-refractivity contribution in [1.82, 2.24) is 0 Å². The van der Waals surface area contributed by atoms with Crippen molar-refractivity contribution in [3.63, 3.8) is 0 Å². The lowest BCUT2D eigenvalue weighted by molar-refractivity contribution is 0.208. The quantitative estimate of drug-likeness (QED) is 0.818. The third kappa shape index (κ3) is 2.55. The second-order valence-corrected chi connectivity index (χ2v) is 5.84. The summed E-state index contributed by atoms with van der Waals surface area (Å²) in [4.78, 5) is 2.31. The predicted octanol–water partition coefficient (Wildman–Crippen LogP) is 3.60. The molecular formula is C17H23NO. The second kappa shape index (κ2) is 5.38. The van der Waals surface area contributed by atoms with E-state index in [0.717, 1.165) is 31.4 Å². The van der Waals surface area contributed by atoms with Crippen LogP contribution >= 0.6 is 0 Å². The van der Waals surface area contributed by atoms with Crippen molar-refractivity contribution in [1.29, 1.82) is 0 Å². The Bertz CT molecular complexity index is 492. The van der Waals surface area contributed by atoms with Gasteiger partial charge in [-0.05, 0) is 61.3 Å². The summed E-state index contributed by atoms with van der Waals surface area (Å²) in [6, 6.07) is 6.49. The Morgan fingerprint density at radius 3 is 2.84 bits per heavy atom. The maximum atomic E-state index is 10.5. The van der Waals surface area contributed by atoms with E-state index >= 15 is 0 Å². The van der Waals surface area contributed by atoms with Crippen LogP contribution in [0.1, 0.15) is 49.3 Å². The van der Waals surface area contributed by atoms with Crippen LogP contribution in [0.15, 0.2) is 29.8 Å². The first-order chi connectivity index (χ1) is 9.25. The highest BCUT2D eigenvalue weighted by atomic mass is 16.3. The molecule has 0 bridgehead atoms. The number of benzene rings is 1. The Labute approximate surface area is 115 Å². The highest BCUT2D eigenvalue weighted by Crippen LogP contribution is 2.33. The maximum absolute atomic E-state index is 10.5. The van der Waals surface area contributed by atoms with E-state index in [-0.39, 0.29) is 0 Å². The zero-order valence-corrected chi connectivity index (χ0v) is 11.7. The van der Waals surface area contributed by atoms with Gasteiger partial charge in [0.25, 0.3) is 0 Å². The van der Waals surface area contributed by atoms with Gasteiger partial charge in [0, 0.05) is 19.3 Å². The van der Waals surface area contributed by atoms with Crippen molar-refractivity contribution in [2.75, 3.05) is 18.5 Å². The molecule has 1 unspecified atom stereocenters. The van der Waals surface area contributed by atoms with Crippen molar-refractivity contribution < 1.29 is 5.11 Å². The SMILES string of the molecule is CN1CCCc2cc(C(O)C3=CCCCC3)ccc21. The smallest absolute Gasteiger partial charge is 0.100 e. The first kappa shape index (κ1) is 12.7.